The van der Waals surface area contributed by atoms with E-state index in [2.05, 4.69) is 15.4 Å². The van der Waals surface area contributed by atoms with E-state index in [-0.39, 0.29) is 35.0 Å². The Balaban J connectivity index is 1.78. The summed E-state index contributed by atoms with van der Waals surface area (Å²) in [7, 11) is 0. The molecule has 1 aromatic carbocycles. The smallest absolute Gasteiger partial charge is 0.387 e. The Morgan fingerprint density at radius 2 is 2.04 bits per heavy atom. The molecule has 1 aromatic rings. The number of benzene rings is 1. The van der Waals surface area contributed by atoms with Crippen LogP contribution in [0.1, 0.15) is 26.2 Å². The van der Waals surface area contributed by atoms with E-state index >= 15 is 0 Å². The molecule has 2 N–H and O–H groups in total. The summed E-state index contributed by atoms with van der Waals surface area (Å²) < 4.78 is 28.7. The lowest BCUT2D eigenvalue weighted by atomic mass is 9.96. The van der Waals surface area contributed by atoms with Gasteiger partial charge in [0.25, 0.3) is 0 Å². The van der Waals surface area contributed by atoms with E-state index in [0.29, 0.717) is 38.2 Å². The zero-order chi connectivity index (χ0) is 19.8. The van der Waals surface area contributed by atoms with Crippen LogP contribution in [0, 0.1) is 5.92 Å². The van der Waals surface area contributed by atoms with Crippen LogP contribution in [-0.4, -0.2) is 49.5 Å². The number of nitrogens with zero attached hydrogens (tertiary/aromatic N) is 1. The van der Waals surface area contributed by atoms with Gasteiger partial charge in [0.05, 0.1) is 11.6 Å². The Bertz CT molecular complexity index is 653. The molecule has 1 aliphatic rings. The summed E-state index contributed by atoms with van der Waals surface area (Å²) in [6.07, 6.45) is 2.34. The average molecular weight is 404 g/mol. The third kappa shape index (κ3) is 6.95. The monoisotopic (exact) mass is 403 g/mol. The van der Waals surface area contributed by atoms with Crippen molar-refractivity contribution < 1.29 is 23.1 Å². The number of ether oxygens (including phenoxy) is 1. The van der Waals surface area contributed by atoms with E-state index in [4.69, 9.17) is 11.6 Å². The van der Waals surface area contributed by atoms with Gasteiger partial charge in [-0.1, -0.05) is 18.5 Å². The standard InChI is InChI=1S/C18H24ClF2N3O3/c1-2-7-22-17(26)12-5-8-24(9-6-12)11-16(25)23-13-3-4-15(14(19)10-13)27-18(20)21/h3-4,10,12,18H,2,5-9,11H2,1H3,(H,22,26)(H,23,25). The number of halogens is 3. The van der Waals surface area contributed by atoms with Crippen molar-refractivity contribution in [2.45, 2.75) is 32.8 Å². The lowest BCUT2D eigenvalue weighted by molar-refractivity contribution is -0.126. The van der Waals surface area contributed by atoms with Gasteiger partial charge in [-0.2, -0.15) is 8.78 Å². The highest BCUT2D eigenvalue weighted by atomic mass is 35.5. The minimum atomic E-state index is -2.96. The van der Waals surface area contributed by atoms with Gasteiger partial charge in [-0.25, -0.2) is 0 Å². The number of piperidine rings is 1. The van der Waals surface area contributed by atoms with Crippen LogP contribution in [0.5, 0.6) is 5.75 Å². The molecule has 1 fully saturated rings. The van der Waals surface area contributed by atoms with Gasteiger partial charge in [0, 0.05) is 18.2 Å². The molecule has 0 saturated carbocycles. The number of carbonyl (C=O) groups is 2. The van der Waals surface area contributed by atoms with Gasteiger partial charge in [0.2, 0.25) is 11.8 Å². The summed E-state index contributed by atoms with van der Waals surface area (Å²) in [6, 6.07) is 4.10. The first kappa shape index (κ1) is 21.4. The molecule has 150 valence electrons. The Morgan fingerprint density at radius 3 is 2.63 bits per heavy atom. The van der Waals surface area contributed by atoms with Crippen LogP contribution in [-0.2, 0) is 9.59 Å². The highest BCUT2D eigenvalue weighted by Crippen LogP contribution is 2.29. The fourth-order valence-electron chi connectivity index (χ4n) is 2.92. The number of anilines is 1. The number of nitrogens with one attached hydrogen (secondary N) is 2. The summed E-state index contributed by atoms with van der Waals surface area (Å²) in [5, 5.41) is 5.58. The molecular formula is C18H24ClF2N3O3. The molecular weight excluding hydrogens is 380 g/mol. The molecule has 0 aliphatic carbocycles. The van der Waals surface area contributed by atoms with Crippen molar-refractivity contribution in [2.75, 3.05) is 31.5 Å². The third-order valence-corrected chi connectivity index (χ3v) is 4.60. The van der Waals surface area contributed by atoms with E-state index in [0.717, 1.165) is 6.42 Å². The molecule has 2 amide bonds. The van der Waals surface area contributed by atoms with Crippen molar-refractivity contribution in [2.24, 2.45) is 5.92 Å². The van der Waals surface area contributed by atoms with Crippen molar-refractivity contribution >= 4 is 29.1 Å². The Labute approximate surface area is 162 Å². The van der Waals surface area contributed by atoms with E-state index < -0.39 is 6.61 Å². The van der Waals surface area contributed by atoms with Crippen molar-refractivity contribution in [3.63, 3.8) is 0 Å². The maximum atomic E-state index is 12.2. The molecule has 1 saturated heterocycles. The molecule has 0 spiro atoms. The number of carbonyl (C=O) groups excluding carboxylic acids is 2. The number of amides is 2. The second-order valence-electron chi connectivity index (χ2n) is 6.41. The van der Waals surface area contributed by atoms with Crippen molar-refractivity contribution in [3.05, 3.63) is 23.2 Å². The Hall–Kier alpha value is -1.93. The topological polar surface area (TPSA) is 70.7 Å². The van der Waals surface area contributed by atoms with Crippen LogP contribution in [0.25, 0.3) is 0 Å². The highest BCUT2D eigenvalue weighted by molar-refractivity contribution is 6.32. The van der Waals surface area contributed by atoms with Crippen LogP contribution >= 0.6 is 11.6 Å². The van der Waals surface area contributed by atoms with E-state index in [9.17, 15) is 18.4 Å². The van der Waals surface area contributed by atoms with E-state index in [1.165, 1.54) is 18.2 Å². The minimum absolute atomic E-state index is 0.00273. The molecule has 2 rings (SSSR count). The zero-order valence-corrected chi connectivity index (χ0v) is 15.9. The SMILES string of the molecule is CCCNC(=O)C1CCN(CC(=O)Nc2ccc(OC(F)F)c(Cl)c2)CC1. The van der Waals surface area contributed by atoms with Gasteiger partial charge < -0.3 is 15.4 Å². The lowest BCUT2D eigenvalue weighted by Crippen LogP contribution is -2.43. The van der Waals surface area contributed by atoms with Crippen LogP contribution in [0.2, 0.25) is 5.02 Å². The molecule has 1 aliphatic heterocycles. The summed E-state index contributed by atoms with van der Waals surface area (Å²) in [6.45, 7) is 1.25. The van der Waals surface area contributed by atoms with Gasteiger partial charge in [-0.15, -0.1) is 0 Å². The normalized spacial score (nSPS) is 15.6. The fourth-order valence-corrected chi connectivity index (χ4v) is 3.14. The number of hydrogen-bond donors (Lipinski definition) is 2. The number of hydrogen-bond acceptors (Lipinski definition) is 4. The van der Waals surface area contributed by atoms with Gasteiger partial charge in [-0.05, 0) is 50.6 Å². The van der Waals surface area contributed by atoms with E-state index in [1.807, 2.05) is 11.8 Å². The maximum absolute atomic E-state index is 12.2. The van der Waals surface area contributed by atoms with Crippen LogP contribution in [0.3, 0.4) is 0 Å². The maximum Gasteiger partial charge on any atom is 0.387 e. The Kier molecular flexibility index (Phi) is 8.24. The fraction of sp³-hybridized carbons (Fsp3) is 0.556. The van der Waals surface area contributed by atoms with E-state index in [1.54, 1.807) is 0 Å². The molecule has 1 heterocycles. The molecule has 9 heteroatoms. The van der Waals surface area contributed by atoms with Crippen LogP contribution < -0.4 is 15.4 Å². The van der Waals surface area contributed by atoms with Crippen molar-refractivity contribution in [1.82, 2.24) is 10.2 Å². The first-order chi connectivity index (χ1) is 12.9. The predicted molar refractivity (Wildman–Crippen MR) is 99.2 cm³/mol. The van der Waals surface area contributed by atoms with Gasteiger partial charge >= 0.3 is 6.61 Å². The van der Waals surface area contributed by atoms with Crippen LogP contribution in [0.4, 0.5) is 14.5 Å². The van der Waals surface area contributed by atoms with Crippen LogP contribution in [0.15, 0.2) is 18.2 Å². The van der Waals surface area contributed by atoms with Gasteiger partial charge in [0.15, 0.2) is 0 Å². The molecule has 0 aromatic heterocycles. The molecule has 6 nitrogen and oxygen atoms in total. The zero-order valence-electron chi connectivity index (χ0n) is 15.1. The highest BCUT2D eigenvalue weighted by Gasteiger charge is 2.25. The number of alkyl halides is 2. The lowest BCUT2D eigenvalue weighted by Gasteiger charge is -2.30. The van der Waals surface area contributed by atoms with Gasteiger partial charge in [-0.3, -0.25) is 14.5 Å². The minimum Gasteiger partial charge on any atom is -0.433 e. The van der Waals surface area contributed by atoms with Crippen molar-refractivity contribution in [3.8, 4) is 5.75 Å². The molecule has 0 atom stereocenters. The van der Waals surface area contributed by atoms with Crippen molar-refractivity contribution in [1.29, 1.82) is 0 Å². The average Bonchev–Trinajstić information content (AvgIpc) is 2.62. The second kappa shape index (κ2) is 10.4. The molecule has 0 bridgehead atoms. The summed E-state index contributed by atoms with van der Waals surface area (Å²) >= 11 is 5.87. The number of likely N-dealkylation sites (tertiary alicyclic amines) is 1. The summed E-state index contributed by atoms with van der Waals surface area (Å²) in [5.41, 5.74) is 0.403. The predicted octanol–water partition coefficient (Wildman–Crippen LogP) is 3.12. The largest absolute Gasteiger partial charge is 0.433 e. The second-order valence-corrected chi connectivity index (χ2v) is 6.82. The molecule has 0 radical (unpaired) electrons. The quantitative estimate of drug-likeness (QED) is 0.699. The van der Waals surface area contributed by atoms with Gasteiger partial charge in [0.1, 0.15) is 5.75 Å². The molecule has 0 unspecified atom stereocenters. The Morgan fingerprint density at radius 1 is 1.33 bits per heavy atom. The third-order valence-electron chi connectivity index (χ3n) is 4.31. The summed E-state index contributed by atoms with van der Waals surface area (Å²) in [5.74, 6) is -0.297. The molecule has 27 heavy (non-hydrogen) atoms. The first-order valence-corrected chi connectivity index (χ1v) is 9.31. The summed E-state index contributed by atoms with van der Waals surface area (Å²) in [4.78, 5) is 26.1. The number of rotatable bonds is 8. The first-order valence-electron chi connectivity index (χ1n) is 8.93.